The SMILES string of the molecule is CCc1c(C)nc(SCc2nc(-c3cccc(C)c3)no2)[nH]c1=O. The van der Waals surface area contributed by atoms with Gasteiger partial charge in [0.15, 0.2) is 5.16 Å². The molecule has 3 rings (SSSR count). The van der Waals surface area contributed by atoms with Crippen LogP contribution in [0, 0.1) is 13.8 Å². The number of thioether (sulfide) groups is 1. The van der Waals surface area contributed by atoms with Crippen LogP contribution in [0.1, 0.15) is 29.6 Å². The van der Waals surface area contributed by atoms with E-state index in [2.05, 4.69) is 20.1 Å². The third-order valence-corrected chi connectivity index (χ3v) is 4.49. The second kappa shape index (κ2) is 7.00. The zero-order chi connectivity index (χ0) is 17.1. The molecule has 1 aromatic carbocycles. The van der Waals surface area contributed by atoms with E-state index in [1.807, 2.05) is 45.0 Å². The Morgan fingerprint density at radius 3 is 2.79 bits per heavy atom. The Labute approximate surface area is 143 Å². The summed E-state index contributed by atoms with van der Waals surface area (Å²) in [5, 5.41) is 4.57. The Morgan fingerprint density at radius 1 is 1.25 bits per heavy atom. The highest BCUT2D eigenvalue weighted by Crippen LogP contribution is 2.21. The quantitative estimate of drug-likeness (QED) is 0.566. The first-order valence-electron chi connectivity index (χ1n) is 7.69. The largest absolute Gasteiger partial charge is 0.338 e. The molecule has 0 amide bonds. The lowest BCUT2D eigenvalue weighted by Gasteiger charge is -2.03. The van der Waals surface area contributed by atoms with Gasteiger partial charge < -0.3 is 9.51 Å². The summed E-state index contributed by atoms with van der Waals surface area (Å²) in [5.41, 5.74) is 3.46. The molecular formula is C17H18N4O2S. The van der Waals surface area contributed by atoms with Crippen molar-refractivity contribution in [1.29, 1.82) is 0 Å². The number of nitrogens with zero attached hydrogens (tertiary/aromatic N) is 3. The molecular weight excluding hydrogens is 324 g/mol. The van der Waals surface area contributed by atoms with Gasteiger partial charge in [0.25, 0.3) is 5.56 Å². The minimum absolute atomic E-state index is 0.0847. The second-order valence-corrected chi connectivity index (χ2v) is 6.42. The van der Waals surface area contributed by atoms with Gasteiger partial charge in [-0.2, -0.15) is 4.98 Å². The number of aromatic amines is 1. The summed E-state index contributed by atoms with van der Waals surface area (Å²) in [4.78, 5) is 23.6. The Balaban J connectivity index is 1.73. The topological polar surface area (TPSA) is 84.7 Å². The standard InChI is InChI=1S/C17H18N4O2S/c1-4-13-11(3)18-17(20-16(13)22)24-9-14-19-15(21-23-14)12-7-5-6-10(2)8-12/h5-8H,4,9H2,1-3H3,(H,18,20,22). The average molecular weight is 342 g/mol. The van der Waals surface area contributed by atoms with Crippen LogP contribution in [0.3, 0.4) is 0 Å². The number of benzene rings is 1. The fraction of sp³-hybridized carbons (Fsp3) is 0.294. The second-order valence-electron chi connectivity index (χ2n) is 5.46. The summed E-state index contributed by atoms with van der Waals surface area (Å²) in [6.07, 6.45) is 0.669. The lowest BCUT2D eigenvalue weighted by Crippen LogP contribution is -2.16. The normalized spacial score (nSPS) is 11.0. The molecule has 124 valence electrons. The molecule has 6 nitrogen and oxygen atoms in total. The first-order chi connectivity index (χ1) is 11.6. The van der Waals surface area contributed by atoms with E-state index >= 15 is 0 Å². The van der Waals surface area contributed by atoms with Gasteiger partial charge in [-0.25, -0.2) is 4.98 Å². The number of aryl methyl sites for hydroxylation is 2. The van der Waals surface area contributed by atoms with Crippen LogP contribution in [0.5, 0.6) is 0 Å². The van der Waals surface area contributed by atoms with E-state index in [1.54, 1.807) is 0 Å². The first kappa shape index (κ1) is 16.4. The number of nitrogens with one attached hydrogen (secondary N) is 1. The average Bonchev–Trinajstić information content (AvgIpc) is 3.02. The molecule has 0 spiro atoms. The molecule has 1 N–H and O–H groups in total. The Morgan fingerprint density at radius 2 is 2.08 bits per heavy atom. The van der Waals surface area contributed by atoms with Crippen molar-refractivity contribution in [3.63, 3.8) is 0 Å². The van der Waals surface area contributed by atoms with Gasteiger partial charge in [0.05, 0.1) is 5.75 Å². The highest BCUT2D eigenvalue weighted by Gasteiger charge is 2.11. The Kier molecular flexibility index (Phi) is 4.80. The Hall–Kier alpha value is -2.41. The molecule has 0 aliphatic rings. The van der Waals surface area contributed by atoms with E-state index in [4.69, 9.17) is 4.52 Å². The fourth-order valence-corrected chi connectivity index (χ4v) is 3.16. The van der Waals surface area contributed by atoms with E-state index in [1.165, 1.54) is 11.8 Å². The summed E-state index contributed by atoms with van der Waals surface area (Å²) in [6, 6.07) is 7.93. The van der Waals surface area contributed by atoms with E-state index in [9.17, 15) is 4.79 Å². The highest BCUT2D eigenvalue weighted by molar-refractivity contribution is 7.98. The molecule has 0 bridgehead atoms. The monoisotopic (exact) mass is 342 g/mol. The van der Waals surface area contributed by atoms with Crippen molar-refractivity contribution in [3.05, 3.63) is 57.3 Å². The third-order valence-electron chi connectivity index (χ3n) is 3.63. The third kappa shape index (κ3) is 3.56. The Bertz CT molecular complexity index is 917. The summed E-state index contributed by atoms with van der Waals surface area (Å²) in [7, 11) is 0. The predicted octanol–water partition coefficient (Wildman–Crippen LogP) is 3.29. The van der Waals surface area contributed by atoms with Gasteiger partial charge in [-0.1, -0.05) is 47.6 Å². The van der Waals surface area contributed by atoms with Crippen LogP contribution < -0.4 is 5.56 Å². The number of hydrogen-bond donors (Lipinski definition) is 1. The lowest BCUT2D eigenvalue weighted by atomic mass is 10.1. The van der Waals surface area contributed by atoms with Gasteiger partial charge >= 0.3 is 0 Å². The molecule has 0 saturated carbocycles. The van der Waals surface area contributed by atoms with E-state index < -0.39 is 0 Å². The summed E-state index contributed by atoms with van der Waals surface area (Å²) < 4.78 is 5.28. The van der Waals surface area contributed by atoms with Gasteiger partial charge in [-0.15, -0.1) is 0 Å². The molecule has 0 aliphatic carbocycles. The minimum atomic E-state index is -0.0847. The molecule has 24 heavy (non-hydrogen) atoms. The molecule has 0 fully saturated rings. The van der Waals surface area contributed by atoms with Crippen LogP contribution in [-0.2, 0) is 12.2 Å². The maximum Gasteiger partial charge on any atom is 0.254 e. The van der Waals surface area contributed by atoms with Gasteiger partial charge in [0.1, 0.15) is 0 Å². The van der Waals surface area contributed by atoms with Crippen LogP contribution in [0.15, 0.2) is 38.7 Å². The van der Waals surface area contributed by atoms with Crippen LogP contribution in [0.25, 0.3) is 11.4 Å². The molecule has 0 atom stereocenters. The highest BCUT2D eigenvalue weighted by atomic mass is 32.2. The van der Waals surface area contributed by atoms with Gasteiger partial charge in [-0.05, 0) is 26.3 Å². The zero-order valence-electron chi connectivity index (χ0n) is 13.8. The number of aromatic nitrogens is 4. The van der Waals surface area contributed by atoms with Gasteiger partial charge in [0, 0.05) is 16.8 Å². The maximum absolute atomic E-state index is 12.0. The summed E-state index contributed by atoms with van der Waals surface area (Å²) >= 11 is 1.37. The van der Waals surface area contributed by atoms with Crippen LogP contribution in [0.4, 0.5) is 0 Å². The van der Waals surface area contributed by atoms with Gasteiger partial charge in [0.2, 0.25) is 11.7 Å². The lowest BCUT2D eigenvalue weighted by molar-refractivity contribution is 0.391. The van der Waals surface area contributed by atoms with Crippen LogP contribution >= 0.6 is 11.8 Å². The predicted molar refractivity (Wildman–Crippen MR) is 93.0 cm³/mol. The summed E-state index contributed by atoms with van der Waals surface area (Å²) in [5.74, 6) is 1.51. The molecule has 0 aliphatic heterocycles. The van der Waals surface area contributed by atoms with E-state index in [0.29, 0.717) is 29.0 Å². The van der Waals surface area contributed by atoms with Crippen molar-refractivity contribution in [1.82, 2.24) is 20.1 Å². The van der Waals surface area contributed by atoms with E-state index in [0.717, 1.165) is 22.4 Å². The smallest absolute Gasteiger partial charge is 0.254 e. The summed E-state index contributed by atoms with van der Waals surface area (Å²) in [6.45, 7) is 5.81. The van der Waals surface area contributed by atoms with Crippen LogP contribution in [-0.4, -0.2) is 20.1 Å². The van der Waals surface area contributed by atoms with Crippen molar-refractivity contribution >= 4 is 11.8 Å². The molecule has 3 aromatic rings. The zero-order valence-corrected chi connectivity index (χ0v) is 14.6. The molecule has 7 heteroatoms. The molecule has 0 saturated heterocycles. The maximum atomic E-state index is 12.0. The van der Waals surface area contributed by atoms with Crippen molar-refractivity contribution in [2.24, 2.45) is 0 Å². The molecule has 2 heterocycles. The van der Waals surface area contributed by atoms with Crippen LogP contribution in [0.2, 0.25) is 0 Å². The molecule has 0 unspecified atom stereocenters. The first-order valence-corrected chi connectivity index (χ1v) is 8.67. The van der Waals surface area contributed by atoms with Crippen molar-refractivity contribution in [2.45, 2.75) is 38.1 Å². The number of hydrogen-bond acceptors (Lipinski definition) is 6. The minimum Gasteiger partial charge on any atom is -0.338 e. The number of rotatable bonds is 5. The van der Waals surface area contributed by atoms with Crippen molar-refractivity contribution < 1.29 is 4.52 Å². The number of H-pyrrole nitrogens is 1. The van der Waals surface area contributed by atoms with Crippen molar-refractivity contribution in [3.8, 4) is 11.4 Å². The molecule has 0 radical (unpaired) electrons. The van der Waals surface area contributed by atoms with Gasteiger partial charge in [-0.3, -0.25) is 4.79 Å². The fourth-order valence-electron chi connectivity index (χ4n) is 2.41. The van der Waals surface area contributed by atoms with E-state index in [-0.39, 0.29) is 5.56 Å². The van der Waals surface area contributed by atoms with Crippen molar-refractivity contribution in [2.75, 3.05) is 0 Å². The molecule has 2 aromatic heterocycles.